The van der Waals surface area contributed by atoms with E-state index in [4.69, 9.17) is 4.74 Å². The van der Waals surface area contributed by atoms with Gasteiger partial charge in [0.2, 0.25) is 5.91 Å². The van der Waals surface area contributed by atoms with Gasteiger partial charge in [0.05, 0.1) is 12.9 Å². The maximum Gasteiger partial charge on any atom is 0.234 e. The fourth-order valence-corrected chi connectivity index (χ4v) is 4.36. The zero-order valence-electron chi connectivity index (χ0n) is 18.1. The summed E-state index contributed by atoms with van der Waals surface area (Å²) in [5, 5.41) is 13.5. The summed E-state index contributed by atoms with van der Waals surface area (Å²) in [6, 6.07) is 15.5. The van der Waals surface area contributed by atoms with E-state index in [2.05, 4.69) is 46.1 Å². The number of methoxy groups -OCH3 is 1. The molecule has 8 heteroatoms. The van der Waals surface area contributed by atoms with E-state index in [0.717, 1.165) is 28.5 Å². The predicted molar refractivity (Wildman–Crippen MR) is 128 cm³/mol. The van der Waals surface area contributed by atoms with Crippen LogP contribution in [0, 0.1) is 6.92 Å². The monoisotopic (exact) mass is 447 g/mol. The number of thioether (sulfide) groups is 1. The second-order valence-corrected chi connectivity index (χ2v) is 8.26. The largest absolute Gasteiger partial charge is 0.497 e. The molecule has 0 spiro atoms. The van der Waals surface area contributed by atoms with Crippen LogP contribution in [0.5, 0.6) is 5.75 Å². The molecular weight excluding hydrogens is 422 g/mol. The Hall–Kier alpha value is -3.52. The molecule has 4 aromatic rings. The smallest absolute Gasteiger partial charge is 0.234 e. The lowest BCUT2D eigenvalue weighted by molar-refractivity contribution is -0.113. The molecule has 4 rings (SSSR count). The molecule has 0 aliphatic rings. The number of anilines is 1. The van der Waals surface area contributed by atoms with Crippen molar-refractivity contribution in [2.24, 2.45) is 0 Å². The van der Waals surface area contributed by atoms with Gasteiger partial charge in [-0.2, -0.15) is 0 Å². The first kappa shape index (κ1) is 21.7. The Morgan fingerprint density at radius 1 is 1.22 bits per heavy atom. The molecule has 0 saturated carbocycles. The fourth-order valence-electron chi connectivity index (χ4n) is 3.59. The zero-order chi connectivity index (χ0) is 22.5. The highest BCUT2D eigenvalue weighted by atomic mass is 32.2. The fraction of sp³-hybridized carbons (Fsp3) is 0.208. The lowest BCUT2D eigenvalue weighted by Gasteiger charge is -2.09. The first-order chi connectivity index (χ1) is 15.6. The minimum Gasteiger partial charge on any atom is -0.497 e. The van der Waals surface area contributed by atoms with Crippen LogP contribution < -0.4 is 10.1 Å². The molecule has 1 amide bonds. The van der Waals surface area contributed by atoms with Crippen molar-refractivity contribution >= 4 is 34.3 Å². The average Bonchev–Trinajstić information content (AvgIpc) is 3.33. The highest BCUT2D eigenvalue weighted by molar-refractivity contribution is 7.99. The van der Waals surface area contributed by atoms with Crippen LogP contribution >= 0.6 is 11.8 Å². The third kappa shape index (κ3) is 4.70. The van der Waals surface area contributed by atoms with Crippen molar-refractivity contribution < 1.29 is 9.53 Å². The summed E-state index contributed by atoms with van der Waals surface area (Å²) in [7, 11) is 1.61. The van der Waals surface area contributed by atoms with Crippen molar-refractivity contribution in [3.63, 3.8) is 0 Å². The Balaban J connectivity index is 1.47. The number of aryl methyl sites for hydroxylation is 1. The summed E-state index contributed by atoms with van der Waals surface area (Å²) < 4.78 is 7.15. The number of amides is 1. The van der Waals surface area contributed by atoms with Gasteiger partial charge in [0.25, 0.3) is 0 Å². The molecule has 164 valence electrons. The number of hydrogen-bond donors (Lipinski definition) is 2. The number of fused-ring (bicyclic) bond motifs is 1. The Bertz CT molecular complexity index is 1240. The van der Waals surface area contributed by atoms with Crippen molar-refractivity contribution in [2.45, 2.75) is 25.0 Å². The molecule has 2 heterocycles. The summed E-state index contributed by atoms with van der Waals surface area (Å²) in [4.78, 5) is 15.9. The molecule has 0 aliphatic heterocycles. The van der Waals surface area contributed by atoms with E-state index in [0.29, 0.717) is 18.1 Å². The van der Waals surface area contributed by atoms with E-state index in [9.17, 15) is 4.79 Å². The topological polar surface area (TPSA) is 84.8 Å². The number of aromatic nitrogens is 4. The van der Waals surface area contributed by atoms with Crippen LogP contribution in [0.3, 0.4) is 0 Å². The van der Waals surface area contributed by atoms with Gasteiger partial charge in [-0.15, -0.1) is 16.8 Å². The van der Waals surface area contributed by atoms with Gasteiger partial charge in [-0.1, -0.05) is 36.0 Å². The van der Waals surface area contributed by atoms with Gasteiger partial charge in [0.15, 0.2) is 5.16 Å². The van der Waals surface area contributed by atoms with Crippen LogP contribution in [0.15, 0.2) is 66.3 Å². The van der Waals surface area contributed by atoms with Crippen molar-refractivity contribution in [3.05, 3.63) is 78.3 Å². The third-order valence-electron chi connectivity index (χ3n) is 5.17. The highest BCUT2D eigenvalue weighted by Crippen LogP contribution is 2.26. The summed E-state index contributed by atoms with van der Waals surface area (Å²) in [5.74, 6) is 1.71. The van der Waals surface area contributed by atoms with Crippen molar-refractivity contribution in [2.75, 3.05) is 18.2 Å². The van der Waals surface area contributed by atoms with Crippen LogP contribution in [-0.2, 0) is 17.8 Å². The molecule has 0 saturated heterocycles. The Kier molecular flexibility index (Phi) is 6.61. The van der Waals surface area contributed by atoms with Crippen LogP contribution in [0.1, 0.15) is 17.1 Å². The Morgan fingerprint density at radius 3 is 2.75 bits per heavy atom. The molecule has 7 nitrogen and oxygen atoms in total. The third-order valence-corrected chi connectivity index (χ3v) is 6.14. The molecule has 2 aromatic heterocycles. The molecule has 2 aromatic carbocycles. The van der Waals surface area contributed by atoms with Crippen LogP contribution in [0.2, 0.25) is 0 Å². The van der Waals surface area contributed by atoms with E-state index in [1.54, 1.807) is 7.11 Å². The Morgan fingerprint density at radius 2 is 2.00 bits per heavy atom. The first-order valence-electron chi connectivity index (χ1n) is 10.2. The summed E-state index contributed by atoms with van der Waals surface area (Å²) in [5.41, 5.74) is 4.15. The average molecular weight is 448 g/mol. The molecule has 0 fully saturated rings. The van der Waals surface area contributed by atoms with Gasteiger partial charge in [-0.05, 0) is 42.8 Å². The molecule has 0 radical (unpaired) electrons. The summed E-state index contributed by atoms with van der Waals surface area (Å²) in [6.07, 6.45) is 2.46. The number of aromatic amines is 1. The molecular formula is C24H25N5O2S. The van der Waals surface area contributed by atoms with Crippen molar-refractivity contribution in [1.82, 2.24) is 19.7 Å². The number of benzene rings is 2. The van der Waals surface area contributed by atoms with Gasteiger partial charge >= 0.3 is 0 Å². The predicted octanol–water partition coefficient (Wildman–Crippen LogP) is 4.58. The van der Waals surface area contributed by atoms with Gasteiger partial charge in [0, 0.05) is 35.2 Å². The van der Waals surface area contributed by atoms with Gasteiger partial charge in [-0.25, -0.2) is 0 Å². The van der Waals surface area contributed by atoms with Gasteiger partial charge in [-0.3, -0.25) is 4.79 Å². The molecule has 0 bridgehead atoms. The number of allylic oxidation sites excluding steroid dienone is 1. The number of carbonyl (C=O) groups is 1. The second kappa shape index (κ2) is 9.74. The maximum atomic E-state index is 12.4. The van der Waals surface area contributed by atoms with Gasteiger partial charge < -0.3 is 19.6 Å². The standard InChI is InChI=1S/C24H25N5O2S/c1-4-13-29-22(14-20-16(2)25-21-8-6-5-7-19(20)21)27-28-24(29)32-15-23(30)26-17-9-11-18(31-3)12-10-17/h4-12,25H,1,13-15H2,2-3H3,(H,26,30). The number of carbonyl (C=O) groups excluding carboxylic acids is 1. The minimum atomic E-state index is -0.109. The molecule has 0 atom stereocenters. The molecule has 32 heavy (non-hydrogen) atoms. The van der Waals surface area contributed by atoms with Crippen LogP contribution in [-0.4, -0.2) is 38.5 Å². The maximum absolute atomic E-state index is 12.4. The number of nitrogens with zero attached hydrogens (tertiary/aromatic N) is 3. The number of nitrogens with one attached hydrogen (secondary N) is 2. The summed E-state index contributed by atoms with van der Waals surface area (Å²) in [6.45, 7) is 6.51. The van der Waals surface area contributed by atoms with Crippen molar-refractivity contribution in [3.8, 4) is 5.75 Å². The van der Waals surface area contributed by atoms with Gasteiger partial charge in [0.1, 0.15) is 11.6 Å². The lowest BCUT2D eigenvalue weighted by Crippen LogP contribution is -2.14. The minimum absolute atomic E-state index is 0.109. The first-order valence-corrected chi connectivity index (χ1v) is 11.2. The highest BCUT2D eigenvalue weighted by Gasteiger charge is 2.17. The number of rotatable bonds is 9. The van der Waals surface area contributed by atoms with E-state index in [1.165, 1.54) is 22.7 Å². The number of hydrogen-bond acceptors (Lipinski definition) is 5. The van der Waals surface area contributed by atoms with Crippen LogP contribution in [0.25, 0.3) is 10.9 Å². The number of H-pyrrole nitrogens is 1. The van der Waals surface area contributed by atoms with E-state index >= 15 is 0 Å². The zero-order valence-corrected chi connectivity index (χ0v) is 18.9. The SMILES string of the molecule is C=CCn1c(Cc2c(C)[nH]c3ccccc23)nnc1SCC(=O)Nc1ccc(OC)cc1. The molecule has 0 aliphatic carbocycles. The molecule has 0 unspecified atom stereocenters. The second-order valence-electron chi connectivity index (χ2n) is 7.31. The lowest BCUT2D eigenvalue weighted by atomic mass is 10.1. The van der Waals surface area contributed by atoms with E-state index in [1.807, 2.05) is 47.0 Å². The quantitative estimate of drug-likeness (QED) is 0.290. The van der Waals surface area contributed by atoms with Crippen molar-refractivity contribution in [1.29, 1.82) is 0 Å². The number of ether oxygens (including phenoxy) is 1. The normalized spacial score (nSPS) is 10.9. The van der Waals surface area contributed by atoms with Crippen LogP contribution in [0.4, 0.5) is 5.69 Å². The van der Waals surface area contributed by atoms with E-state index < -0.39 is 0 Å². The Labute approximate surface area is 190 Å². The summed E-state index contributed by atoms with van der Waals surface area (Å²) >= 11 is 1.36. The van der Waals surface area contributed by atoms with E-state index in [-0.39, 0.29) is 11.7 Å². The molecule has 2 N–H and O–H groups in total. The number of para-hydroxylation sites is 1.